The van der Waals surface area contributed by atoms with E-state index < -0.39 is 0 Å². The molecule has 3 rings (SSSR count). The van der Waals surface area contributed by atoms with Gasteiger partial charge in [0, 0.05) is 24.5 Å². The Morgan fingerprint density at radius 3 is 3.00 bits per heavy atom. The van der Waals surface area contributed by atoms with Gasteiger partial charge in [-0.3, -0.25) is 0 Å². The number of rotatable bonds is 4. The van der Waals surface area contributed by atoms with Gasteiger partial charge >= 0.3 is 0 Å². The number of aromatic nitrogens is 2. The average molecular weight is 274 g/mol. The van der Waals surface area contributed by atoms with Gasteiger partial charge in [0.2, 0.25) is 0 Å². The predicted molar refractivity (Wildman–Crippen MR) is 74.6 cm³/mol. The highest BCUT2D eigenvalue weighted by molar-refractivity contribution is 6.33. The molecule has 0 bridgehead atoms. The van der Waals surface area contributed by atoms with Crippen molar-refractivity contribution in [1.82, 2.24) is 9.55 Å². The maximum Gasteiger partial charge on any atom is 0.0992 e. The molecule has 0 atom stereocenters. The van der Waals surface area contributed by atoms with Gasteiger partial charge in [-0.15, -0.1) is 0 Å². The van der Waals surface area contributed by atoms with Gasteiger partial charge < -0.3 is 14.3 Å². The number of furan rings is 1. The van der Waals surface area contributed by atoms with Crippen LogP contribution in [0, 0.1) is 0 Å². The molecule has 5 heteroatoms. The van der Waals surface area contributed by atoms with Gasteiger partial charge in [0.05, 0.1) is 35.3 Å². The summed E-state index contributed by atoms with van der Waals surface area (Å²) >= 11 is 6.27. The molecule has 1 aromatic carbocycles. The molecule has 0 aliphatic carbocycles. The van der Waals surface area contributed by atoms with Gasteiger partial charge in [-0.05, 0) is 18.2 Å². The molecule has 0 spiro atoms. The highest BCUT2D eigenvalue weighted by Crippen LogP contribution is 2.28. The van der Waals surface area contributed by atoms with Crippen LogP contribution in [0.2, 0.25) is 5.02 Å². The number of hydrogen-bond acceptors (Lipinski definition) is 3. The Morgan fingerprint density at radius 1 is 1.32 bits per heavy atom. The molecular weight excluding hydrogens is 262 g/mol. The zero-order chi connectivity index (χ0) is 13.1. The highest BCUT2D eigenvalue weighted by atomic mass is 35.5. The molecule has 0 unspecified atom stereocenters. The first kappa shape index (κ1) is 11.9. The molecule has 0 saturated heterocycles. The lowest BCUT2D eigenvalue weighted by Crippen LogP contribution is -2.03. The van der Waals surface area contributed by atoms with Crippen molar-refractivity contribution in [1.29, 1.82) is 0 Å². The van der Waals surface area contributed by atoms with E-state index in [0.29, 0.717) is 11.6 Å². The molecule has 0 aliphatic rings. The van der Waals surface area contributed by atoms with E-state index in [0.717, 1.165) is 16.9 Å². The van der Waals surface area contributed by atoms with Crippen LogP contribution in [0.15, 0.2) is 59.9 Å². The lowest BCUT2D eigenvalue weighted by Gasteiger charge is -2.13. The normalized spacial score (nSPS) is 10.6. The van der Waals surface area contributed by atoms with E-state index in [2.05, 4.69) is 10.3 Å². The standard InChI is InChI=1S/C14H12ClN3O/c15-12-2-1-3-13(14(12)18-6-5-16-10-18)17-8-11-4-7-19-9-11/h1-7,9-10,17H,8H2. The fraction of sp³-hybridized carbons (Fsp3) is 0.0714. The van der Waals surface area contributed by atoms with E-state index in [1.54, 1.807) is 25.1 Å². The Kier molecular flexibility index (Phi) is 3.25. The quantitative estimate of drug-likeness (QED) is 0.788. The average Bonchev–Trinajstić information content (AvgIpc) is 3.09. The number of halogens is 1. The molecule has 1 N–H and O–H groups in total. The molecule has 0 aliphatic heterocycles. The van der Waals surface area contributed by atoms with Crippen molar-refractivity contribution in [2.45, 2.75) is 6.54 Å². The molecule has 2 heterocycles. The number of anilines is 1. The van der Waals surface area contributed by atoms with Crippen LogP contribution < -0.4 is 5.32 Å². The van der Waals surface area contributed by atoms with Crippen LogP contribution in [0.5, 0.6) is 0 Å². The van der Waals surface area contributed by atoms with Crippen molar-refractivity contribution >= 4 is 17.3 Å². The lowest BCUT2D eigenvalue weighted by molar-refractivity contribution is 0.564. The van der Waals surface area contributed by atoms with Crippen LogP contribution in [0.3, 0.4) is 0 Å². The van der Waals surface area contributed by atoms with Crippen molar-refractivity contribution in [3.63, 3.8) is 0 Å². The van der Waals surface area contributed by atoms with Gasteiger partial charge in [0.1, 0.15) is 0 Å². The molecule has 19 heavy (non-hydrogen) atoms. The summed E-state index contributed by atoms with van der Waals surface area (Å²) in [4.78, 5) is 4.05. The number of hydrogen-bond donors (Lipinski definition) is 1. The molecule has 0 saturated carbocycles. The Labute approximate surface area is 115 Å². The second kappa shape index (κ2) is 5.20. The molecule has 0 fully saturated rings. The SMILES string of the molecule is Clc1cccc(NCc2ccoc2)c1-n1ccnc1. The molecular formula is C14H12ClN3O. The van der Waals surface area contributed by atoms with Gasteiger partial charge in [-0.25, -0.2) is 4.98 Å². The van der Waals surface area contributed by atoms with E-state index in [9.17, 15) is 0 Å². The predicted octanol–water partition coefficient (Wildman–Crippen LogP) is 3.73. The van der Waals surface area contributed by atoms with Gasteiger partial charge in [-0.2, -0.15) is 0 Å². The van der Waals surface area contributed by atoms with Crippen LogP contribution in [-0.4, -0.2) is 9.55 Å². The van der Waals surface area contributed by atoms with E-state index >= 15 is 0 Å². The van der Waals surface area contributed by atoms with Crippen molar-refractivity contribution < 1.29 is 4.42 Å². The largest absolute Gasteiger partial charge is 0.472 e. The lowest BCUT2D eigenvalue weighted by atomic mass is 10.2. The summed E-state index contributed by atoms with van der Waals surface area (Å²) in [6.45, 7) is 0.679. The second-order valence-electron chi connectivity index (χ2n) is 4.09. The zero-order valence-electron chi connectivity index (χ0n) is 10.1. The third-order valence-corrected chi connectivity index (χ3v) is 3.12. The summed E-state index contributed by atoms with van der Waals surface area (Å²) in [6, 6.07) is 7.69. The fourth-order valence-electron chi connectivity index (χ4n) is 1.90. The van der Waals surface area contributed by atoms with Crippen LogP contribution in [0.1, 0.15) is 5.56 Å². The first-order valence-corrected chi connectivity index (χ1v) is 6.24. The molecule has 4 nitrogen and oxygen atoms in total. The third kappa shape index (κ3) is 2.48. The van der Waals surface area contributed by atoms with Crippen LogP contribution in [0.4, 0.5) is 5.69 Å². The molecule has 2 aromatic heterocycles. The molecule has 0 amide bonds. The van der Waals surface area contributed by atoms with E-state index in [-0.39, 0.29) is 0 Å². The monoisotopic (exact) mass is 273 g/mol. The van der Waals surface area contributed by atoms with Gasteiger partial charge in [0.25, 0.3) is 0 Å². The van der Waals surface area contributed by atoms with Crippen LogP contribution in [-0.2, 0) is 6.54 Å². The number of imidazole rings is 1. The molecule has 0 radical (unpaired) electrons. The maximum atomic E-state index is 6.27. The zero-order valence-corrected chi connectivity index (χ0v) is 10.8. The van der Waals surface area contributed by atoms with Crippen molar-refractivity contribution in [3.05, 3.63) is 66.1 Å². The summed E-state index contributed by atoms with van der Waals surface area (Å²) in [5.74, 6) is 0. The highest BCUT2D eigenvalue weighted by Gasteiger charge is 2.08. The minimum Gasteiger partial charge on any atom is -0.472 e. The maximum absolute atomic E-state index is 6.27. The number of para-hydroxylation sites is 1. The Morgan fingerprint density at radius 2 is 2.26 bits per heavy atom. The summed E-state index contributed by atoms with van der Waals surface area (Å²) in [5, 5.41) is 4.03. The topological polar surface area (TPSA) is 43.0 Å². The van der Waals surface area contributed by atoms with Gasteiger partial charge in [-0.1, -0.05) is 17.7 Å². The minimum atomic E-state index is 0.676. The van der Waals surface area contributed by atoms with E-state index in [1.165, 1.54) is 0 Å². The third-order valence-electron chi connectivity index (χ3n) is 2.81. The minimum absolute atomic E-state index is 0.676. The van der Waals surface area contributed by atoms with Crippen molar-refractivity contribution in [2.24, 2.45) is 0 Å². The number of nitrogens with zero attached hydrogens (tertiary/aromatic N) is 2. The number of benzene rings is 1. The smallest absolute Gasteiger partial charge is 0.0992 e. The van der Waals surface area contributed by atoms with Gasteiger partial charge in [0.15, 0.2) is 0 Å². The summed E-state index contributed by atoms with van der Waals surface area (Å²) in [7, 11) is 0. The number of nitrogens with one attached hydrogen (secondary N) is 1. The summed E-state index contributed by atoms with van der Waals surface area (Å²) in [5.41, 5.74) is 2.92. The first-order chi connectivity index (χ1) is 9.34. The second-order valence-corrected chi connectivity index (χ2v) is 4.50. The Balaban J connectivity index is 1.91. The molecule has 96 valence electrons. The first-order valence-electron chi connectivity index (χ1n) is 5.86. The van der Waals surface area contributed by atoms with E-state index in [1.807, 2.05) is 35.0 Å². The Hall–Kier alpha value is -2.20. The van der Waals surface area contributed by atoms with Crippen molar-refractivity contribution in [2.75, 3.05) is 5.32 Å². The van der Waals surface area contributed by atoms with Crippen molar-refractivity contribution in [3.8, 4) is 5.69 Å². The van der Waals surface area contributed by atoms with Crippen LogP contribution in [0.25, 0.3) is 5.69 Å². The summed E-state index contributed by atoms with van der Waals surface area (Å²) < 4.78 is 6.94. The molecule has 3 aromatic rings. The Bertz CT molecular complexity index is 647. The summed E-state index contributed by atoms with van der Waals surface area (Å²) in [6.07, 6.45) is 8.69. The van der Waals surface area contributed by atoms with E-state index in [4.69, 9.17) is 16.0 Å². The van der Waals surface area contributed by atoms with Crippen LogP contribution >= 0.6 is 11.6 Å². The fourth-order valence-corrected chi connectivity index (χ4v) is 2.17.